The Kier molecular flexibility index (Phi) is 12.6. The van der Waals surface area contributed by atoms with Crippen molar-refractivity contribution < 1.29 is 33.2 Å². The molecule has 3 rings (SSSR count). The first-order chi connectivity index (χ1) is 23.2. The summed E-state index contributed by atoms with van der Waals surface area (Å²) in [6, 6.07) is 8.21. The Morgan fingerprint density at radius 2 is 1.68 bits per heavy atom. The molecule has 1 atom stereocenters. The second-order valence-electron chi connectivity index (χ2n) is 13.6. The number of carbonyl (C=O) groups is 3. The number of nitro groups is 1. The summed E-state index contributed by atoms with van der Waals surface area (Å²) in [4.78, 5) is 70.0. The average molecular weight is 698 g/mol. The molecule has 3 aromatic rings. The number of aromatic nitrogens is 2. The lowest BCUT2D eigenvalue weighted by Gasteiger charge is -2.25. The molecule has 50 heavy (non-hydrogen) atoms. The van der Waals surface area contributed by atoms with Gasteiger partial charge in [0.2, 0.25) is 5.95 Å². The molecule has 1 amide bonds. The molecule has 270 valence electrons. The first-order valence-corrected chi connectivity index (χ1v) is 15.9. The summed E-state index contributed by atoms with van der Waals surface area (Å²) < 4.78 is 25.2. The van der Waals surface area contributed by atoms with Gasteiger partial charge in [-0.15, -0.1) is 0 Å². The summed E-state index contributed by atoms with van der Waals surface area (Å²) in [6.45, 7) is 10.4. The van der Waals surface area contributed by atoms with Crippen molar-refractivity contribution in [1.29, 1.82) is 0 Å². The van der Waals surface area contributed by atoms with Gasteiger partial charge < -0.3 is 31.2 Å². The topological polar surface area (TPSA) is 226 Å². The zero-order chi connectivity index (χ0) is 37.4. The number of nitro benzene ring substituents is 1. The third-order valence-corrected chi connectivity index (χ3v) is 7.04. The van der Waals surface area contributed by atoms with Crippen LogP contribution in [0.5, 0.6) is 0 Å². The van der Waals surface area contributed by atoms with E-state index in [2.05, 4.69) is 15.3 Å². The molecule has 0 aliphatic heterocycles. The van der Waals surface area contributed by atoms with Crippen LogP contribution >= 0.6 is 0 Å². The van der Waals surface area contributed by atoms with Gasteiger partial charge in [-0.1, -0.05) is 12.1 Å². The Morgan fingerprint density at radius 3 is 2.26 bits per heavy atom. The lowest BCUT2D eigenvalue weighted by Crippen LogP contribution is -2.44. The average Bonchev–Trinajstić information content (AvgIpc) is 2.98. The summed E-state index contributed by atoms with van der Waals surface area (Å²) >= 11 is 0. The summed E-state index contributed by atoms with van der Waals surface area (Å²) in [5.41, 5.74) is 10.0. The Balaban J connectivity index is 1.81. The molecule has 1 aromatic heterocycles. The number of ether oxygens (including phenoxy) is 2. The van der Waals surface area contributed by atoms with Gasteiger partial charge in [0.15, 0.2) is 0 Å². The molecule has 0 saturated heterocycles. The highest BCUT2D eigenvalue weighted by atomic mass is 19.1. The van der Waals surface area contributed by atoms with E-state index in [-0.39, 0.29) is 73.0 Å². The van der Waals surface area contributed by atoms with Crippen molar-refractivity contribution in [3.05, 3.63) is 85.4 Å². The molecular formula is C34H44FN7O8. The van der Waals surface area contributed by atoms with Gasteiger partial charge in [0.05, 0.1) is 10.5 Å². The van der Waals surface area contributed by atoms with Crippen LogP contribution in [0.4, 0.5) is 27.5 Å². The van der Waals surface area contributed by atoms with Gasteiger partial charge in [0.1, 0.15) is 34.6 Å². The van der Waals surface area contributed by atoms with Gasteiger partial charge in [-0.25, -0.2) is 9.18 Å². The number of H-pyrrole nitrogens is 1. The largest absolute Gasteiger partial charge is 0.460 e. The molecule has 0 spiro atoms. The minimum atomic E-state index is -1.14. The maximum absolute atomic E-state index is 14.4. The highest BCUT2D eigenvalue weighted by Gasteiger charge is 2.29. The fraction of sp³-hybridized carbons (Fsp3) is 0.441. The molecular weight excluding hydrogens is 653 g/mol. The number of aromatic amines is 1. The third-order valence-electron chi connectivity index (χ3n) is 7.04. The first-order valence-electron chi connectivity index (χ1n) is 15.9. The van der Waals surface area contributed by atoms with Crippen LogP contribution in [0.1, 0.15) is 82.3 Å². The van der Waals surface area contributed by atoms with Crippen LogP contribution in [0.25, 0.3) is 0 Å². The number of amides is 1. The normalized spacial score (nSPS) is 12.1. The van der Waals surface area contributed by atoms with E-state index < -0.39 is 51.4 Å². The Morgan fingerprint density at radius 1 is 1.04 bits per heavy atom. The predicted molar refractivity (Wildman–Crippen MR) is 185 cm³/mol. The fourth-order valence-corrected chi connectivity index (χ4v) is 4.91. The van der Waals surface area contributed by atoms with E-state index in [0.717, 1.165) is 18.2 Å². The van der Waals surface area contributed by atoms with Crippen molar-refractivity contribution in [3.63, 3.8) is 0 Å². The van der Waals surface area contributed by atoms with Crippen LogP contribution in [0.2, 0.25) is 0 Å². The second-order valence-corrected chi connectivity index (χ2v) is 13.6. The fourth-order valence-electron chi connectivity index (χ4n) is 4.91. The van der Waals surface area contributed by atoms with Gasteiger partial charge in [-0.05, 0) is 84.6 Å². The van der Waals surface area contributed by atoms with Crippen molar-refractivity contribution in [2.75, 3.05) is 22.9 Å². The second kappa shape index (κ2) is 16.2. The van der Waals surface area contributed by atoms with Crippen molar-refractivity contribution in [2.24, 2.45) is 0 Å². The minimum Gasteiger partial charge on any atom is -0.460 e. The number of rotatable bonds is 14. The molecule has 0 saturated carbocycles. The zero-order valence-corrected chi connectivity index (χ0v) is 29.0. The lowest BCUT2D eigenvalue weighted by atomic mass is 10.1. The SMILES string of the molecule is CC(C)(C)OC(=O)CC[C@H](NC(=O)c1ccc(CN(CCCc2c(N)nc(N)[nH]c2=O)c2cc(F)ccc2[N+](=O)[O-])cc1)C(=O)OC(C)(C)C. The van der Waals surface area contributed by atoms with Gasteiger partial charge in [0.25, 0.3) is 17.2 Å². The molecule has 0 unspecified atom stereocenters. The van der Waals surface area contributed by atoms with E-state index in [1.807, 2.05) is 0 Å². The van der Waals surface area contributed by atoms with Crippen molar-refractivity contribution in [1.82, 2.24) is 15.3 Å². The van der Waals surface area contributed by atoms with Crippen molar-refractivity contribution in [2.45, 2.75) is 91.0 Å². The highest BCUT2D eigenvalue weighted by Crippen LogP contribution is 2.31. The highest BCUT2D eigenvalue weighted by molar-refractivity contribution is 5.97. The number of hydrogen-bond acceptors (Lipinski definition) is 12. The van der Waals surface area contributed by atoms with E-state index in [4.69, 9.17) is 20.9 Å². The standard InChI is InChI=1S/C34H44FN7O8/c1-33(2,3)49-27(43)16-14-24(31(46)50-34(4,5)6)38-29(44)21-11-9-20(10-12-21)19-41(26-18-22(35)13-15-25(26)42(47)48)17-7-8-23-28(36)39-32(37)40-30(23)45/h9-13,15,18,24H,7-8,14,16-17,19H2,1-6H3,(H,38,44)(H5,36,37,39,40,45)/t24-/m0/s1. The molecule has 0 fully saturated rings. The number of esters is 2. The number of nitrogens with two attached hydrogens (primary N) is 2. The minimum absolute atomic E-state index is 0.0133. The maximum Gasteiger partial charge on any atom is 0.329 e. The van der Waals surface area contributed by atoms with E-state index in [0.29, 0.717) is 5.56 Å². The predicted octanol–water partition coefficient (Wildman–Crippen LogP) is 4.18. The van der Waals surface area contributed by atoms with Crippen LogP contribution in [0.15, 0.2) is 47.3 Å². The summed E-state index contributed by atoms with van der Waals surface area (Å²) in [5, 5.41) is 14.5. The number of carbonyl (C=O) groups excluding carboxylic acids is 3. The van der Waals surface area contributed by atoms with Crippen LogP contribution in [-0.4, -0.2) is 56.5 Å². The molecule has 16 heteroatoms. The van der Waals surface area contributed by atoms with Crippen LogP contribution in [0, 0.1) is 15.9 Å². The quantitative estimate of drug-likeness (QED) is 0.106. The number of nitrogens with zero attached hydrogens (tertiary/aromatic N) is 3. The number of nitrogen functional groups attached to an aromatic ring is 2. The number of nitrogens with one attached hydrogen (secondary N) is 2. The molecule has 6 N–H and O–H groups in total. The molecule has 2 aromatic carbocycles. The van der Waals surface area contributed by atoms with E-state index in [9.17, 15) is 33.7 Å². The lowest BCUT2D eigenvalue weighted by molar-refractivity contribution is -0.384. The van der Waals surface area contributed by atoms with Gasteiger partial charge in [-0.2, -0.15) is 4.98 Å². The zero-order valence-electron chi connectivity index (χ0n) is 29.0. The maximum atomic E-state index is 14.4. The van der Waals surface area contributed by atoms with E-state index in [1.54, 1.807) is 58.6 Å². The van der Waals surface area contributed by atoms with E-state index >= 15 is 0 Å². The van der Waals surface area contributed by atoms with Crippen LogP contribution < -0.4 is 27.2 Å². The molecule has 1 heterocycles. The summed E-state index contributed by atoms with van der Waals surface area (Å²) in [5.74, 6) is -2.70. The Bertz CT molecular complexity index is 1770. The third kappa shape index (κ3) is 11.9. The smallest absolute Gasteiger partial charge is 0.329 e. The Labute approximate surface area is 288 Å². The summed E-state index contributed by atoms with van der Waals surface area (Å²) in [6.07, 6.45) is 0.236. The van der Waals surface area contributed by atoms with E-state index in [1.165, 1.54) is 12.1 Å². The van der Waals surface area contributed by atoms with Crippen LogP contribution in [-0.2, 0) is 32.0 Å². The molecule has 15 nitrogen and oxygen atoms in total. The summed E-state index contributed by atoms with van der Waals surface area (Å²) in [7, 11) is 0. The number of benzene rings is 2. The molecule has 0 aliphatic carbocycles. The van der Waals surface area contributed by atoms with Crippen molar-refractivity contribution in [3.8, 4) is 0 Å². The first kappa shape index (κ1) is 38.9. The van der Waals surface area contributed by atoms with Gasteiger partial charge in [0, 0.05) is 37.2 Å². The van der Waals surface area contributed by atoms with Crippen LogP contribution in [0.3, 0.4) is 0 Å². The number of halogens is 1. The van der Waals surface area contributed by atoms with Gasteiger partial charge >= 0.3 is 11.9 Å². The molecule has 0 aliphatic rings. The number of hydrogen-bond donors (Lipinski definition) is 4. The number of anilines is 3. The Hall–Kier alpha value is -5.54. The van der Waals surface area contributed by atoms with Crippen molar-refractivity contribution >= 4 is 41.0 Å². The molecule has 0 radical (unpaired) electrons. The molecule has 0 bridgehead atoms. The van der Waals surface area contributed by atoms with Gasteiger partial charge in [-0.3, -0.25) is 29.5 Å². The monoisotopic (exact) mass is 697 g/mol.